The molecule has 0 saturated carbocycles. The van der Waals surface area contributed by atoms with Gasteiger partial charge in [0.25, 0.3) is 0 Å². The first-order valence-electron chi connectivity index (χ1n) is 7.15. The zero-order chi connectivity index (χ0) is 15.9. The Morgan fingerprint density at radius 3 is 2.05 bits per heavy atom. The zero-order valence-corrected chi connectivity index (χ0v) is 14.6. The summed E-state index contributed by atoms with van der Waals surface area (Å²) in [7, 11) is 0.613. The van der Waals surface area contributed by atoms with Gasteiger partial charge in [-0.15, -0.1) is 11.6 Å². The second-order valence-corrected chi connectivity index (χ2v) is 7.64. The van der Waals surface area contributed by atoms with Gasteiger partial charge >= 0.3 is 0 Å². The Hall–Kier alpha value is -0.620. The van der Waals surface area contributed by atoms with Gasteiger partial charge in [0, 0.05) is 25.5 Å². The highest BCUT2D eigenvalue weighted by atomic mass is 35.5. The standard InChI is InChI=1S/C15H25ClN2O2S/c1-4-9-18(11-10-17(2)3)21(19,20)13-15-7-5-14(12-16)6-8-15/h5-8H,4,9-13H2,1-3H3. The van der Waals surface area contributed by atoms with Crippen molar-refractivity contribution in [2.75, 3.05) is 33.7 Å². The van der Waals surface area contributed by atoms with Crippen LogP contribution in [0.3, 0.4) is 0 Å². The van der Waals surface area contributed by atoms with Gasteiger partial charge in [-0.25, -0.2) is 12.7 Å². The van der Waals surface area contributed by atoms with E-state index in [0.29, 0.717) is 19.0 Å². The van der Waals surface area contributed by atoms with E-state index in [2.05, 4.69) is 0 Å². The van der Waals surface area contributed by atoms with E-state index in [1.165, 1.54) is 0 Å². The summed E-state index contributed by atoms with van der Waals surface area (Å²) < 4.78 is 26.7. The van der Waals surface area contributed by atoms with Gasteiger partial charge in [0.1, 0.15) is 0 Å². The number of likely N-dealkylation sites (N-methyl/N-ethyl adjacent to an activating group) is 1. The molecule has 0 bridgehead atoms. The van der Waals surface area contributed by atoms with Crippen LogP contribution in [0, 0.1) is 0 Å². The molecule has 0 heterocycles. The molecule has 0 aliphatic carbocycles. The van der Waals surface area contributed by atoms with Crippen LogP contribution in [-0.4, -0.2) is 51.4 Å². The molecule has 1 aromatic carbocycles. The Balaban J connectivity index is 2.79. The van der Waals surface area contributed by atoms with Crippen molar-refractivity contribution >= 4 is 21.6 Å². The number of nitrogens with zero attached hydrogens (tertiary/aromatic N) is 2. The van der Waals surface area contributed by atoms with Gasteiger partial charge in [-0.1, -0.05) is 31.2 Å². The summed E-state index contributed by atoms with van der Waals surface area (Å²) in [6.45, 7) is 3.82. The van der Waals surface area contributed by atoms with Crippen molar-refractivity contribution in [1.82, 2.24) is 9.21 Å². The summed E-state index contributed by atoms with van der Waals surface area (Å²) in [4.78, 5) is 1.99. The highest BCUT2D eigenvalue weighted by Crippen LogP contribution is 2.13. The predicted octanol–water partition coefficient (Wildman–Crippen LogP) is 2.53. The first-order chi connectivity index (χ1) is 9.89. The molecular weight excluding hydrogens is 308 g/mol. The van der Waals surface area contributed by atoms with Crippen LogP contribution in [0.5, 0.6) is 0 Å². The van der Waals surface area contributed by atoms with Crippen molar-refractivity contribution in [2.45, 2.75) is 25.0 Å². The summed E-state index contributed by atoms with van der Waals surface area (Å²) in [5.41, 5.74) is 1.80. The number of benzene rings is 1. The van der Waals surface area contributed by atoms with Crippen molar-refractivity contribution in [3.8, 4) is 0 Å². The Morgan fingerprint density at radius 2 is 1.57 bits per heavy atom. The largest absolute Gasteiger partial charge is 0.308 e. The maximum absolute atomic E-state index is 12.5. The fourth-order valence-corrected chi connectivity index (χ4v) is 3.77. The molecule has 1 rings (SSSR count). The third kappa shape index (κ3) is 6.34. The molecule has 4 nitrogen and oxygen atoms in total. The van der Waals surface area contributed by atoms with E-state index in [4.69, 9.17) is 11.6 Å². The van der Waals surface area contributed by atoms with Crippen molar-refractivity contribution in [1.29, 1.82) is 0 Å². The lowest BCUT2D eigenvalue weighted by atomic mass is 10.2. The van der Waals surface area contributed by atoms with Crippen molar-refractivity contribution < 1.29 is 8.42 Å². The number of sulfonamides is 1. The lowest BCUT2D eigenvalue weighted by molar-refractivity contribution is 0.332. The molecule has 0 amide bonds. The third-order valence-corrected chi connectivity index (χ3v) is 5.35. The van der Waals surface area contributed by atoms with Crippen LogP contribution in [0.2, 0.25) is 0 Å². The number of rotatable bonds is 9. The van der Waals surface area contributed by atoms with E-state index in [1.807, 2.05) is 50.2 Å². The van der Waals surface area contributed by atoms with Gasteiger partial charge < -0.3 is 4.90 Å². The van der Waals surface area contributed by atoms with Gasteiger partial charge in [0.15, 0.2) is 0 Å². The highest BCUT2D eigenvalue weighted by molar-refractivity contribution is 7.88. The quantitative estimate of drug-likeness (QED) is 0.652. The lowest BCUT2D eigenvalue weighted by Gasteiger charge is -2.23. The van der Waals surface area contributed by atoms with Crippen molar-refractivity contribution in [3.05, 3.63) is 35.4 Å². The van der Waals surface area contributed by atoms with E-state index in [0.717, 1.165) is 24.1 Å². The number of hydrogen-bond acceptors (Lipinski definition) is 3. The van der Waals surface area contributed by atoms with Crippen molar-refractivity contribution in [3.63, 3.8) is 0 Å². The fourth-order valence-electron chi connectivity index (χ4n) is 1.98. The Morgan fingerprint density at radius 1 is 1.00 bits per heavy atom. The summed E-state index contributed by atoms with van der Waals surface area (Å²) >= 11 is 5.74. The molecule has 1 aromatic rings. The maximum atomic E-state index is 12.5. The van der Waals surface area contributed by atoms with E-state index < -0.39 is 10.0 Å². The molecule has 0 atom stereocenters. The van der Waals surface area contributed by atoms with E-state index >= 15 is 0 Å². The van der Waals surface area contributed by atoms with Crippen LogP contribution < -0.4 is 0 Å². The van der Waals surface area contributed by atoms with Gasteiger partial charge in [0.2, 0.25) is 10.0 Å². The Kier molecular flexibility index (Phi) is 7.66. The Labute approximate surface area is 133 Å². The summed E-state index contributed by atoms with van der Waals surface area (Å²) in [5.74, 6) is 0.487. The van der Waals surface area contributed by atoms with Gasteiger partial charge in [0.05, 0.1) is 5.75 Å². The third-order valence-electron chi connectivity index (χ3n) is 3.19. The second kappa shape index (κ2) is 8.73. The molecule has 120 valence electrons. The minimum Gasteiger partial charge on any atom is -0.308 e. The Bertz CT molecular complexity index is 515. The first kappa shape index (κ1) is 18.4. The smallest absolute Gasteiger partial charge is 0.218 e. The van der Waals surface area contributed by atoms with Crippen molar-refractivity contribution in [2.24, 2.45) is 0 Å². The molecular formula is C15H25ClN2O2S. The average Bonchev–Trinajstić information content (AvgIpc) is 2.43. The molecule has 0 fully saturated rings. The molecule has 6 heteroatoms. The van der Waals surface area contributed by atoms with Crippen LogP contribution in [-0.2, 0) is 21.7 Å². The topological polar surface area (TPSA) is 40.6 Å². The second-order valence-electron chi connectivity index (χ2n) is 5.41. The molecule has 0 aliphatic rings. The number of halogens is 1. The summed E-state index contributed by atoms with van der Waals surface area (Å²) in [6, 6.07) is 7.43. The molecule has 0 N–H and O–H groups in total. The molecule has 21 heavy (non-hydrogen) atoms. The van der Waals surface area contributed by atoms with Crippen LogP contribution >= 0.6 is 11.6 Å². The van der Waals surface area contributed by atoms with Crippen LogP contribution in [0.4, 0.5) is 0 Å². The van der Waals surface area contributed by atoms with Crippen LogP contribution in [0.1, 0.15) is 24.5 Å². The average molecular weight is 333 g/mol. The minimum absolute atomic E-state index is 0.0446. The zero-order valence-electron chi connectivity index (χ0n) is 13.0. The molecule has 0 unspecified atom stereocenters. The fraction of sp³-hybridized carbons (Fsp3) is 0.600. The monoisotopic (exact) mass is 332 g/mol. The number of alkyl halides is 1. The molecule has 0 saturated heterocycles. The SMILES string of the molecule is CCCN(CCN(C)C)S(=O)(=O)Cc1ccc(CCl)cc1. The van der Waals surface area contributed by atoms with Gasteiger partial charge in [-0.05, 0) is 31.6 Å². The van der Waals surface area contributed by atoms with Crippen LogP contribution in [0.25, 0.3) is 0 Å². The summed E-state index contributed by atoms with van der Waals surface area (Å²) in [6.07, 6.45) is 0.817. The number of hydrogen-bond donors (Lipinski definition) is 0. The van der Waals surface area contributed by atoms with E-state index in [9.17, 15) is 8.42 Å². The predicted molar refractivity (Wildman–Crippen MR) is 89.0 cm³/mol. The normalized spacial score (nSPS) is 12.3. The summed E-state index contributed by atoms with van der Waals surface area (Å²) in [5, 5.41) is 0. The lowest BCUT2D eigenvalue weighted by Crippen LogP contribution is -2.37. The minimum atomic E-state index is -3.28. The molecule has 0 aliphatic heterocycles. The first-order valence-corrected chi connectivity index (χ1v) is 9.29. The highest BCUT2D eigenvalue weighted by Gasteiger charge is 2.21. The van der Waals surface area contributed by atoms with Crippen LogP contribution in [0.15, 0.2) is 24.3 Å². The molecule has 0 radical (unpaired) electrons. The van der Waals surface area contributed by atoms with Gasteiger partial charge in [-0.2, -0.15) is 0 Å². The van der Waals surface area contributed by atoms with Gasteiger partial charge in [-0.3, -0.25) is 0 Å². The maximum Gasteiger partial charge on any atom is 0.218 e. The molecule has 0 aromatic heterocycles. The van der Waals surface area contributed by atoms with E-state index in [1.54, 1.807) is 4.31 Å². The van der Waals surface area contributed by atoms with E-state index in [-0.39, 0.29) is 5.75 Å². The molecule has 0 spiro atoms.